The van der Waals surface area contributed by atoms with Crippen LogP contribution < -0.4 is 16.0 Å². The Labute approximate surface area is 233 Å². The van der Waals surface area contributed by atoms with E-state index in [9.17, 15) is 9.59 Å². The van der Waals surface area contributed by atoms with Crippen molar-refractivity contribution in [3.8, 4) is 11.3 Å². The molecule has 0 aliphatic heterocycles. The van der Waals surface area contributed by atoms with Crippen LogP contribution in [0.1, 0.15) is 22.3 Å². The summed E-state index contributed by atoms with van der Waals surface area (Å²) < 4.78 is 0. The van der Waals surface area contributed by atoms with E-state index in [1.165, 1.54) is 0 Å². The third-order valence-electron chi connectivity index (χ3n) is 5.75. The summed E-state index contributed by atoms with van der Waals surface area (Å²) in [6.45, 7) is 2.63. The van der Waals surface area contributed by atoms with E-state index in [2.05, 4.69) is 43.5 Å². The van der Waals surface area contributed by atoms with Crippen molar-refractivity contribution in [3.05, 3.63) is 90.4 Å². The minimum atomic E-state index is -0.279. The van der Waals surface area contributed by atoms with Gasteiger partial charge in [0.1, 0.15) is 0 Å². The number of carbonyl (C=O) groups is 2. The molecule has 0 aliphatic carbocycles. The molecule has 0 saturated heterocycles. The van der Waals surface area contributed by atoms with Gasteiger partial charge in [0, 0.05) is 65.0 Å². The third kappa shape index (κ3) is 8.10. The minimum absolute atomic E-state index is 0.0798. The number of aromatic nitrogens is 3. The van der Waals surface area contributed by atoms with Crippen LogP contribution in [0.4, 0.5) is 23.0 Å². The van der Waals surface area contributed by atoms with Gasteiger partial charge in [0.25, 0.3) is 5.91 Å². The molecule has 0 fully saturated rings. The molecule has 0 spiro atoms. The van der Waals surface area contributed by atoms with E-state index in [-0.39, 0.29) is 23.5 Å². The second-order valence-electron chi connectivity index (χ2n) is 9.37. The van der Waals surface area contributed by atoms with Gasteiger partial charge in [-0.3, -0.25) is 14.6 Å². The molecule has 39 heavy (non-hydrogen) atoms. The second-order valence-corrected chi connectivity index (χ2v) is 10.1. The van der Waals surface area contributed by atoms with Gasteiger partial charge in [-0.05, 0) is 81.2 Å². The van der Waals surface area contributed by atoms with Gasteiger partial charge < -0.3 is 20.9 Å². The van der Waals surface area contributed by atoms with Crippen molar-refractivity contribution in [1.29, 1.82) is 0 Å². The lowest BCUT2D eigenvalue weighted by atomic mass is 10.1. The number of carbonyl (C=O) groups excluding carboxylic acids is 2. The smallest absolute Gasteiger partial charge is 0.255 e. The van der Waals surface area contributed by atoms with Gasteiger partial charge in [-0.15, -0.1) is 0 Å². The minimum Gasteiger partial charge on any atom is -0.326 e. The molecule has 3 N–H and O–H groups in total. The van der Waals surface area contributed by atoms with Gasteiger partial charge in [-0.25, -0.2) is 9.97 Å². The van der Waals surface area contributed by atoms with Crippen molar-refractivity contribution in [3.63, 3.8) is 0 Å². The van der Waals surface area contributed by atoms with Crippen LogP contribution in [0.25, 0.3) is 11.3 Å². The van der Waals surface area contributed by atoms with Crippen LogP contribution in [0.5, 0.6) is 0 Å². The molecule has 10 heteroatoms. The molecule has 0 radical (unpaired) electrons. The van der Waals surface area contributed by atoms with Crippen LogP contribution in [-0.4, -0.2) is 57.6 Å². The predicted molar refractivity (Wildman–Crippen MR) is 159 cm³/mol. The summed E-state index contributed by atoms with van der Waals surface area (Å²) >= 11 is 4.47. The summed E-state index contributed by atoms with van der Waals surface area (Å²) in [7, 11) is 3.87. The number of nitrogens with one attached hydrogen (secondary N) is 3. The van der Waals surface area contributed by atoms with Gasteiger partial charge in [0.15, 0.2) is 0 Å². The monoisotopic (exact) mass is 541 g/mol. The Morgan fingerprint density at radius 3 is 2.54 bits per heavy atom. The maximum Gasteiger partial charge on any atom is 0.255 e. The fourth-order valence-electron chi connectivity index (χ4n) is 3.95. The van der Waals surface area contributed by atoms with E-state index in [0.29, 0.717) is 29.4 Å². The zero-order valence-corrected chi connectivity index (χ0v) is 22.9. The molecule has 9 nitrogen and oxygen atoms in total. The standard InChI is InChI=1S/C29H31N7O2S/c1-19-14-23(9-10-25(19)34-29-31-13-11-26(35-29)21-7-5-12-30-17-21)33-28(38)20-6-4-8-22(15-20)32-27(37)16-24(39)18-36(2)3/h4-15,17,24,39H,16,18H2,1-3H3,(H,32,37)(H,33,38)(H,31,34,35)/t24-/m0/s1. The van der Waals surface area contributed by atoms with Gasteiger partial charge in [0.2, 0.25) is 11.9 Å². The van der Waals surface area contributed by atoms with Crippen molar-refractivity contribution < 1.29 is 9.59 Å². The first-order valence-electron chi connectivity index (χ1n) is 12.4. The van der Waals surface area contributed by atoms with Crippen LogP contribution in [0, 0.1) is 6.92 Å². The number of nitrogens with zero attached hydrogens (tertiary/aromatic N) is 4. The molecule has 4 rings (SSSR count). The molecule has 2 aromatic heterocycles. The van der Waals surface area contributed by atoms with E-state index >= 15 is 0 Å². The lowest BCUT2D eigenvalue weighted by Gasteiger charge is -2.16. The molecule has 1 atom stereocenters. The van der Waals surface area contributed by atoms with Crippen LogP contribution in [-0.2, 0) is 4.79 Å². The van der Waals surface area contributed by atoms with Crippen molar-refractivity contribution >= 4 is 47.5 Å². The fraction of sp³-hybridized carbons (Fsp3) is 0.207. The molecule has 0 bridgehead atoms. The fourth-order valence-corrected chi connectivity index (χ4v) is 4.44. The lowest BCUT2D eigenvalue weighted by molar-refractivity contribution is -0.116. The van der Waals surface area contributed by atoms with Crippen molar-refractivity contribution in [2.45, 2.75) is 18.6 Å². The van der Waals surface area contributed by atoms with Gasteiger partial charge in [-0.2, -0.15) is 12.6 Å². The number of rotatable bonds is 10. The van der Waals surface area contributed by atoms with Crippen LogP contribution >= 0.6 is 12.6 Å². The zero-order chi connectivity index (χ0) is 27.8. The first-order valence-corrected chi connectivity index (χ1v) is 12.9. The molecule has 0 aliphatic rings. The average molecular weight is 542 g/mol. The molecule has 2 aromatic carbocycles. The van der Waals surface area contributed by atoms with Gasteiger partial charge >= 0.3 is 0 Å². The highest BCUT2D eigenvalue weighted by molar-refractivity contribution is 7.81. The number of thiol groups is 1. The van der Waals surface area contributed by atoms with Crippen molar-refractivity contribution in [1.82, 2.24) is 19.9 Å². The SMILES string of the molecule is Cc1cc(NC(=O)c2cccc(NC(=O)C[C@H](S)CN(C)C)c2)ccc1Nc1nccc(-c2cccnc2)n1. The molecule has 4 aromatic rings. The summed E-state index contributed by atoms with van der Waals surface area (Å²) in [4.78, 5) is 40.3. The molecule has 0 unspecified atom stereocenters. The lowest BCUT2D eigenvalue weighted by Crippen LogP contribution is -2.26. The number of hydrogen-bond donors (Lipinski definition) is 4. The normalized spacial score (nSPS) is 11.6. The summed E-state index contributed by atoms with van der Waals surface area (Å²) in [5.74, 6) is 0.0301. The number of benzene rings is 2. The highest BCUT2D eigenvalue weighted by atomic mass is 32.1. The number of pyridine rings is 1. The maximum atomic E-state index is 12.9. The predicted octanol–water partition coefficient (Wildman–Crippen LogP) is 5.03. The Morgan fingerprint density at radius 2 is 1.79 bits per heavy atom. The molecular formula is C29H31N7O2S. The first-order chi connectivity index (χ1) is 18.8. The van der Waals surface area contributed by atoms with E-state index in [1.807, 2.05) is 56.3 Å². The summed E-state index contributed by atoms with van der Waals surface area (Å²) in [6, 6.07) is 18.0. The number of aryl methyl sites for hydroxylation is 1. The Bertz CT molecular complexity index is 1450. The highest BCUT2D eigenvalue weighted by Gasteiger charge is 2.13. The summed E-state index contributed by atoms with van der Waals surface area (Å²) in [5.41, 5.74) is 5.02. The molecule has 2 heterocycles. The Morgan fingerprint density at radius 1 is 0.974 bits per heavy atom. The van der Waals surface area contributed by atoms with Gasteiger partial charge in [-0.1, -0.05) is 6.07 Å². The average Bonchev–Trinajstić information content (AvgIpc) is 2.90. The molecule has 2 amide bonds. The first kappa shape index (κ1) is 27.7. The van der Waals surface area contributed by atoms with E-state index in [4.69, 9.17) is 0 Å². The highest BCUT2D eigenvalue weighted by Crippen LogP contribution is 2.24. The number of anilines is 4. The van der Waals surface area contributed by atoms with Crippen molar-refractivity contribution in [2.24, 2.45) is 0 Å². The Balaban J connectivity index is 1.38. The topological polar surface area (TPSA) is 112 Å². The summed E-state index contributed by atoms with van der Waals surface area (Å²) in [6.07, 6.45) is 5.44. The molecular weight excluding hydrogens is 510 g/mol. The number of amides is 2. The van der Waals surface area contributed by atoms with Crippen molar-refractivity contribution in [2.75, 3.05) is 36.6 Å². The Kier molecular flexibility index (Phi) is 9.24. The molecule has 0 saturated carbocycles. The third-order valence-corrected chi connectivity index (χ3v) is 6.09. The summed E-state index contributed by atoms with van der Waals surface area (Å²) in [5, 5.41) is 8.93. The second kappa shape index (κ2) is 13.0. The van der Waals surface area contributed by atoms with Crippen LogP contribution in [0.3, 0.4) is 0 Å². The largest absolute Gasteiger partial charge is 0.326 e. The van der Waals surface area contributed by atoms with E-state index < -0.39 is 0 Å². The zero-order valence-electron chi connectivity index (χ0n) is 22.0. The Hall–Kier alpha value is -4.28. The van der Waals surface area contributed by atoms with Crippen LogP contribution in [0.2, 0.25) is 0 Å². The van der Waals surface area contributed by atoms with Gasteiger partial charge in [0.05, 0.1) is 5.69 Å². The van der Waals surface area contributed by atoms with Crippen LogP contribution in [0.15, 0.2) is 79.3 Å². The quantitative estimate of drug-likeness (QED) is 0.208. The maximum absolute atomic E-state index is 12.9. The molecule has 200 valence electrons. The number of hydrogen-bond acceptors (Lipinski definition) is 8. The van der Waals surface area contributed by atoms with E-state index in [0.717, 1.165) is 22.5 Å². The van der Waals surface area contributed by atoms with E-state index in [1.54, 1.807) is 48.9 Å².